The molecule has 2 atom stereocenters. The molecule has 0 aromatic rings. The monoisotopic (exact) mass is 152 g/mol. The fraction of sp³-hybridized carbons (Fsp3) is 0.667. The predicted octanol–water partition coefficient (Wildman–Crippen LogP) is 2.80. The molecule has 0 spiro atoms. The van der Waals surface area contributed by atoms with Gasteiger partial charge in [0, 0.05) is 0 Å². The van der Waals surface area contributed by atoms with Crippen molar-refractivity contribution in [1.29, 1.82) is 0 Å². The van der Waals surface area contributed by atoms with E-state index in [-0.39, 0.29) is 10.8 Å². The van der Waals surface area contributed by atoms with Gasteiger partial charge >= 0.3 is 0 Å². The van der Waals surface area contributed by atoms with Gasteiger partial charge in [-0.15, -0.1) is 23.2 Å². The maximum atomic E-state index is 5.70. The summed E-state index contributed by atoms with van der Waals surface area (Å²) in [6.07, 6.45) is 3.77. The zero-order valence-corrected chi connectivity index (χ0v) is 6.58. The van der Waals surface area contributed by atoms with Crippen LogP contribution in [0.3, 0.4) is 0 Å². The molecule has 2 unspecified atom stereocenters. The van der Waals surface area contributed by atoms with Gasteiger partial charge in [-0.3, -0.25) is 0 Å². The first-order chi connectivity index (χ1) is 3.68. The van der Waals surface area contributed by atoms with Crippen molar-refractivity contribution < 1.29 is 0 Å². The number of hydrogen-bond donors (Lipinski definition) is 0. The molecule has 2 heteroatoms. The van der Waals surface area contributed by atoms with Crippen LogP contribution in [0.2, 0.25) is 0 Å². The SMILES string of the molecule is CC=CC(Cl)C(C)Cl. The molecule has 8 heavy (non-hydrogen) atoms. The molecule has 0 amide bonds. The number of alkyl halides is 2. The molecule has 0 rings (SSSR count). The Kier molecular flexibility index (Phi) is 4.39. The Balaban J connectivity index is 3.47. The second-order valence-electron chi connectivity index (χ2n) is 1.65. The van der Waals surface area contributed by atoms with Gasteiger partial charge in [-0.1, -0.05) is 12.2 Å². The maximum absolute atomic E-state index is 5.70. The standard InChI is InChI=1S/C6H10Cl2/c1-3-4-6(8)5(2)7/h3-6H,1-2H3. The van der Waals surface area contributed by atoms with Crippen LogP contribution in [0.4, 0.5) is 0 Å². The molecule has 0 bridgehead atoms. The van der Waals surface area contributed by atoms with Gasteiger partial charge in [0.15, 0.2) is 0 Å². The summed E-state index contributed by atoms with van der Waals surface area (Å²) in [5.41, 5.74) is 0. The highest BCUT2D eigenvalue weighted by Crippen LogP contribution is 2.09. The molecule has 0 fully saturated rings. The third kappa shape index (κ3) is 3.34. The topological polar surface area (TPSA) is 0 Å². The molecule has 0 nitrogen and oxygen atoms in total. The summed E-state index contributed by atoms with van der Waals surface area (Å²) in [4.78, 5) is 0. The summed E-state index contributed by atoms with van der Waals surface area (Å²) in [5.74, 6) is 0. The van der Waals surface area contributed by atoms with Crippen molar-refractivity contribution in [1.82, 2.24) is 0 Å². The third-order valence-electron chi connectivity index (χ3n) is 0.815. The first-order valence-electron chi connectivity index (χ1n) is 2.59. The molecule has 0 N–H and O–H groups in total. The van der Waals surface area contributed by atoms with Crippen LogP contribution < -0.4 is 0 Å². The largest absolute Gasteiger partial charge is 0.121 e. The Morgan fingerprint density at radius 1 is 1.38 bits per heavy atom. The third-order valence-corrected chi connectivity index (χ3v) is 1.74. The summed E-state index contributed by atoms with van der Waals surface area (Å²) < 4.78 is 0. The van der Waals surface area contributed by atoms with Crippen molar-refractivity contribution in [3.63, 3.8) is 0 Å². The number of hydrogen-bond acceptors (Lipinski definition) is 0. The highest BCUT2D eigenvalue weighted by Gasteiger charge is 2.04. The molecule has 0 aromatic carbocycles. The van der Waals surface area contributed by atoms with Gasteiger partial charge in [-0.05, 0) is 13.8 Å². The van der Waals surface area contributed by atoms with Crippen molar-refractivity contribution in [2.24, 2.45) is 0 Å². The number of rotatable bonds is 2. The average molecular weight is 153 g/mol. The van der Waals surface area contributed by atoms with Crippen molar-refractivity contribution >= 4 is 23.2 Å². The van der Waals surface area contributed by atoms with Crippen LogP contribution in [0.25, 0.3) is 0 Å². The van der Waals surface area contributed by atoms with Crippen molar-refractivity contribution in [3.8, 4) is 0 Å². The zero-order valence-electron chi connectivity index (χ0n) is 5.07. The van der Waals surface area contributed by atoms with Crippen molar-refractivity contribution in [2.45, 2.75) is 24.6 Å². The predicted molar refractivity (Wildman–Crippen MR) is 39.8 cm³/mol. The maximum Gasteiger partial charge on any atom is 0.0676 e. The first-order valence-corrected chi connectivity index (χ1v) is 3.46. The molecule has 0 heterocycles. The minimum atomic E-state index is -0.0262. The van der Waals surface area contributed by atoms with E-state index in [0.29, 0.717) is 0 Å². The Morgan fingerprint density at radius 2 is 1.88 bits per heavy atom. The fourth-order valence-electron chi connectivity index (χ4n) is 0.337. The van der Waals surface area contributed by atoms with Crippen LogP contribution in [0.1, 0.15) is 13.8 Å². The second kappa shape index (κ2) is 4.22. The highest BCUT2D eigenvalue weighted by atomic mass is 35.5. The Labute approximate surface area is 60.5 Å². The lowest BCUT2D eigenvalue weighted by molar-refractivity contribution is 0.974. The van der Waals surface area contributed by atoms with Gasteiger partial charge in [0.1, 0.15) is 0 Å². The quantitative estimate of drug-likeness (QED) is 0.422. The van der Waals surface area contributed by atoms with Crippen LogP contribution in [0.5, 0.6) is 0 Å². The van der Waals surface area contributed by atoms with Crippen molar-refractivity contribution in [2.75, 3.05) is 0 Å². The van der Waals surface area contributed by atoms with E-state index in [1.807, 2.05) is 26.0 Å². The van der Waals surface area contributed by atoms with Gasteiger partial charge in [-0.2, -0.15) is 0 Å². The molecular formula is C6H10Cl2. The molecule has 0 radical (unpaired) electrons. The van der Waals surface area contributed by atoms with E-state index >= 15 is 0 Å². The normalized spacial score (nSPS) is 19.0. The van der Waals surface area contributed by atoms with E-state index < -0.39 is 0 Å². The minimum Gasteiger partial charge on any atom is -0.121 e. The first kappa shape index (κ1) is 8.32. The Hall–Kier alpha value is 0.320. The molecule has 0 saturated carbocycles. The van der Waals surface area contributed by atoms with Gasteiger partial charge in [0.2, 0.25) is 0 Å². The van der Waals surface area contributed by atoms with E-state index in [0.717, 1.165) is 0 Å². The number of allylic oxidation sites excluding steroid dienone is 2. The van der Waals surface area contributed by atoms with Gasteiger partial charge in [-0.25, -0.2) is 0 Å². The summed E-state index contributed by atoms with van der Waals surface area (Å²) in [6, 6.07) is 0. The number of halogens is 2. The summed E-state index contributed by atoms with van der Waals surface area (Å²) in [5, 5.41) is -0.00506. The molecule has 48 valence electrons. The molecular weight excluding hydrogens is 143 g/mol. The fourth-order valence-corrected chi connectivity index (χ4v) is 0.566. The van der Waals surface area contributed by atoms with E-state index in [1.165, 1.54) is 0 Å². The Bertz CT molecular complexity index is 76.6. The highest BCUT2D eigenvalue weighted by molar-refractivity contribution is 6.30. The minimum absolute atomic E-state index is 0.0212. The molecule has 0 saturated heterocycles. The second-order valence-corrected chi connectivity index (χ2v) is 2.84. The molecule has 0 aliphatic rings. The van der Waals surface area contributed by atoms with E-state index in [1.54, 1.807) is 0 Å². The van der Waals surface area contributed by atoms with Crippen LogP contribution in [-0.4, -0.2) is 10.8 Å². The summed E-state index contributed by atoms with van der Waals surface area (Å²) >= 11 is 11.3. The molecule has 0 aliphatic heterocycles. The summed E-state index contributed by atoms with van der Waals surface area (Å²) in [6.45, 7) is 3.80. The lowest BCUT2D eigenvalue weighted by Gasteiger charge is -2.03. The van der Waals surface area contributed by atoms with Crippen LogP contribution >= 0.6 is 23.2 Å². The van der Waals surface area contributed by atoms with Gasteiger partial charge < -0.3 is 0 Å². The lowest BCUT2D eigenvalue weighted by Crippen LogP contribution is -2.06. The Morgan fingerprint density at radius 3 is 2.00 bits per heavy atom. The van der Waals surface area contributed by atoms with Crippen LogP contribution in [0.15, 0.2) is 12.2 Å². The van der Waals surface area contributed by atoms with Crippen LogP contribution in [0, 0.1) is 0 Å². The molecule has 0 aromatic heterocycles. The van der Waals surface area contributed by atoms with E-state index in [9.17, 15) is 0 Å². The molecule has 0 aliphatic carbocycles. The van der Waals surface area contributed by atoms with Crippen LogP contribution in [-0.2, 0) is 0 Å². The van der Waals surface area contributed by atoms with E-state index in [4.69, 9.17) is 23.2 Å². The smallest absolute Gasteiger partial charge is 0.0676 e. The van der Waals surface area contributed by atoms with Gasteiger partial charge in [0.05, 0.1) is 10.8 Å². The van der Waals surface area contributed by atoms with E-state index in [2.05, 4.69) is 0 Å². The summed E-state index contributed by atoms with van der Waals surface area (Å²) in [7, 11) is 0. The van der Waals surface area contributed by atoms with Crippen molar-refractivity contribution in [3.05, 3.63) is 12.2 Å². The lowest BCUT2D eigenvalue weighted by atomic mass is 10.3. The van der Waals surface area contributed by atoms with Gasteiger partial charge in [0.25, 0.3) is 0 Å². The zero-order chi connectivity index (χ0) is 6.57. The average Bonchev–Trinajstić information content (AvgIpc) is 1.67.